The Morgan fingerprint density at radius 3 is 2.87 bits per heavy atom. The molecular weight excluding hydrogens is 196 g/mol. The van der Waals surface area contributed by atoms with E-state index < -0.39 is 5.60 Å². The first-order valence-corrected chi connectivity index (χ1v) is 5.22. The fourth-order valence-electron chi connectivity index (χ4n) is 1.59. The molecule has 0 bridgehead atoms. The van der Waals surface area contributed by atoms with Gasteiger partial charge in [-0.25, -0.2) is 0 Å². The van der Waals surface area contributed by atoms with Crippen molar-refractivity contribution in [3.63, 3.8) is 0 Å². The van der Waals surface area contributed by atoms with Crippen molar-refractivity contribution in [2.75, 3.05) is 13.2 Å². The number of aromatic nitrogens is 2. The van der Waals surface area contributed by atoms with E-state index in [1.807, 2.05) is 13.8 Å². The van der Waals surface area contributed by atoms with Crippen molar-refractivity contribution < 1.29 is 14.4 Å². The number of aliphatic hydroxyl groups is 1. The van der Waals surface area contributed by atoms with Crippen LogP contribution in [0.3, 0.4) is 0 Å². The van der Waals surface area contributed by atoms with E-state index in [2.05, 4.69) is 10.1 Å². The third-order valence-electron chi connectivity index (χ3n) is 2.56. The molecule has 2 heterocycles. The van der Waals surface area contributed by atoms with Gasteiger partial charge in [-0.05, 0) is 0 Å². The van der Waals surface area contributed by atoms with Crippen molar-refractivity contribution >= 4 is 0 Å². The van der Waals surface area contributed by atoms with Crippen LogP contribution in [-0.4, -0.2) is 34.1 Å². The second-order valence-electron chi connectivity index (χ2n) is 4.40. The van der Waals surface area contributed by atoms with Gasteiger partial charge in [-0.15, -0.1) is 0 Å². The Labute approximate surface area is 88.4 Å². The highest BCUT2D eigenvalue weighted by Gasteiger charge is 2.34. The molecule has 5 nitrogen and oxygen atoms in total. The zero-order valence-corrected chi connectivity index (χ0v) is 9.06. The quantitative estimate of drug-likeness (QED) is 0.805. The maximum Gasteiger partial charge on any atom is 0.229 e. The molecule has 1 saturated heterocycles. The summed E-state index contributed by atoms with van der Waals surface area (Å²) in [4.78, 5) is 4.23. The lowest BCUT2D eigenvalue weighted by molar-refractivity contribution is 0.0207. The summed E-state index contributed by atoms with van der Waals surface area (Å²) in [5.41, 5.74) is -0.819. The molecule has 15 heavy (non-hydrogen) atoms. The van der Waals surface area contributed by atoms with E-state index in [-0.39, 0.29) is 5.92 Å². The first kappa shape index (κ1) is 10.6. The summed E-state index contributed by atoms with van der Waals surface area (Å²) < 4.78 is 10.2. The minimum atomic E-state index is -0.819. The molecule has 0 unspecified atom stereocenters. The van der Waals surface area contributed by atoms with Crippen LogP contribution in [0.25, 0.3) is 0 Å². The maximum atomic E-state index is 10.0. The molecule has 0 amide bonds. The smallest absolute Gasteiger partial charge is 0.229 e. The van der Waals surface area contributed by atoms with Gasteiger partial charge in [0.1, 0.15) is 0 Å². The predicted octanol–water partition coefficient (Wildman–Crippen LogP) is 0.887. The molecule has 84 valence electrons. The molecule has 0 radical (unpaired) electrons. The molecule has 1 fully saturated rings. The van der Waals surface area contributed by atoms with Crippen LogP contribution in [0.5, 0.6) is 0 Å². The topological polar surface area (TPSA) is 68.4 Å². The monoisotopic (exact) mass is 212 g/mol. The largest absolute Gasteiger partial charge is 0.387 e. The first-order chi connectivity index (χ1) is 7.09. The van der Waals surface area contributed by atoms with Gasteiger partial charge in [0.15, 0.2) is 5.82 Å². The van der Waals surface area contributed by atoms with E-state index in [1.165, 1.54) is 0 Å². The summed E-state index contributed by atoms with van der Waals surface area (Å²) in [6.45, 7) is 4.96. The fraction of sp³-hybridized carbons (Fsp3) is 0.800. The van der Waals surface area contributed by atoms with Crippen LogP contribution < -0.4 is 0 Å². The minimum absolute atomic E-state index is 0.247. The third kappa shape index (κ3) is 2.35. The van der Waals surface area contributed by atoms with Gasteiger partial charge in [0.25, 0.3) is 0 Å². The summed E-state index contributed by atoms with van der Waals surface area (Å²) >= 11 is 0. The Kier molecular flexibility index (Phi) is 2.75. The summed E-state index contributed by atoms with van der Waals surface area (Å²) in [6.07, 6.45) is 1.01. The Hall–Kier alpha value is -0.940. The number of hydrogen-bond donors (Lipinski definition) is 1. The average molecular weight is 212 g/mol. The number of hydrogen-bond acceptors (Lipinski definition) is 5. The first-order valence-electron chi connectivity index (χ1n) is 5.22. The molecule has 2 rings (SSSR count). The zero-order valence-electron chi connectivity index (χ0n) is 9.06. The Balaban J connectivity index is 2.04. The fourth-order valence-corrected chi connectivity index (χ4v) is 1.59. The molecular formula is C10H16N2O3. The van der Waals surface area contributed by atoms with E-state index in [4.69, 9.17) is 9.26 Å². The standard InChI is InChI=1S/C10H16N2O3/c1-7(2)9-11-8(15-12-9)5-10(13)3-4-14-6-10/h7,13H,3-6H2,1-2H3/t10-/m1/s1. The van der Waals surface area contributed by atoms with Crippen molar-refractivity contribution in [2.45, 2.75) is 38.2 Å². The lowest BCUT2D eigenvalue weighted by Gasteiger charge is -2.16. The second kappa shape index (κ2) is 3.90. The Morgan fingerprint density at radius 1 is 1.53 bits per heavy atom. The van der Waals surface area contributed by atoms with E-state index in [9.17, 15) is 5.11 Å². The SMILES string of the molecule is CC(C)c1noc(C[C@]2(O)CCOC2)n1. The number of rotatable bonds is 3. The molecule has 5 heteroatoms. The molecule has 0 saturated carbocycles. The lowest BCUT2D eigenvalue weighted by atomic mass is 9.99. The van der Waals surface area contributed by atoms with Gasteiger partial charge in [-0.3, -0.25) is 0 Å². The summed E-state index contributed by atoms with van der Waals surface area (Å²) in [5, 5.41) is 13.9. The van der Waals surface area contributed by atoms with Crippen molar-refractivity contribution in [1.29, 1.82) is 0 Å². The van der Waals surface area contributed by atoms with Gasteiger partial charge >= 0.3 is 0 Å². The van der Waals surface area contributed by atoms with Gasteiger partial charge in [-0.1, -0.05) is 19.0 Å². The van der Waals surface area contributed by atoms with Crippen LogP contribution in [0.1, 0.15) is 37.9 Å². The molecule has 1 aromatic heterocycles. The zero-order chi connectivity index (χ0) is 10.9. The van der Waals surface area contributed by atoms with Crippen LogP contribution in [0.15, 0.2) is 4.52 Å². The molecule has 1 aliphatic heterocycles. The van der Waals surface area contributed by atoms with Crippen LogP contribution in [-0.2, 0) is 11.2 Å². The van der Waals surface area contributed by atoms with Crippen LogP contribution in [0.4, 0.5) is 0 Å². The predicted molar refractivity (Wildman–Crippen MR) is 52.5 cm³/mol. The molecule has 1 N–H and O–H groups in total. The average Bonchev–Trinajstić information content (AvgIpc) is 2.75. The van der Waals surface area contributed by atoms with Crippen molar-refractivity contribution in [3.8, 4) is 0 Å². The van der Waals surface area contributed by atoms with Gasteiger partial charge in [0, 0.05) is 18.9 Å². The van der Waals surface area contributed by atoms with Crippen LogP contribution in [0.2, 0.25) is 0 Å². The Morgan fingerprint density at radius 2 is 2.33 bits per heavy atom. The minimum Gasteiger partial charge on any atom is -0.387 e. The van der Waals surface area contributed by atoms with Gasteiger partial charge in [0.2, 0.25) is 5.89 Å². The molecule has 0 aromatic carbocycles. The van der Waals surface area contributed by atoms with Gasteiger partial charge in [-0.2, -0.15) is 4.98 Å². The van der Waals surface area contributed by atoms with Crippen molar-refractivity contribution in [3.05, 3.63) is 11.7 Å². The second-order valence-corrected chi connectivity index (χ2v) is 4.40. The molecule has 0 spiro atoms. The van der Waals surface area contributed by atoms with E-state index >= 15 is 0 Å². The summed E-state index contributed by atoms with van der Waals surface area (Å²) in [7, 11) is 0. The summed E-state index contributed by atoms with van der Waals surface area (Å²) in [6, 6.07) is 0. The van der Waals surface area contributed by atoms with E-state index in [1.54, 1.807) is 0 Å². The van der Waals surface area contributed by atoms with Crippen molar-refractivity contribution in [2.24, 2.45) is 0 Å². The van der Waals surface area contributed by atoms with Gasteiger partial charge in [0.05, 0.1) is 18.6 Å². The lowest BCUT2D eigenvalue weighted by Crippen LogP contribution is -2.31. The normalized spacial score (nSPS) is 26.4. The number of ether oxygens (including phenoxy) is 1. The van der Waals surface area contributed by atoms with Crippen LogP contribution >= 0.6 is 0 Å². The highest BCUT2D eigenvalue weighted by Crippen LogP contribution is 2.23. The van der Waals surface area contributed by atoms with Crippen molar-refractivity contribution in [1.82, 2.24) is 10.1 Å². The number of nitrogens with zero attached hydrogens (tertiary/aromatic N) is 2. The summed E-state index contributed by atoms with van der Waals surface area (Å²) in [5.74, 6) is 1.43. The molecule has 1 aliphatic rings. The highest BCUT2D eigenvalue weighted by molar-refractivity contribution is 4.97. The molecule has 1 aromatic rings. The maximum absolute atomic E-state index is 10.0. The Bertz CT molecular complexity index is 329. The molecule has 0 aliphatic carbocycles. The highest BCUT2D eigenvalue weighted by atomic mass is 16.5. The van der Waals surface area contributed by atoms with Crippen LogP contribution in [0, 0.1) is 0 Å². The van der Waals surface area contributed by atoms with E-state index in [0.29, 0.717) is 37.8 Å². The van der Waals surface area contributed by atoms with E-state index in [0.717, 1.165) is 0 Å². The van der Waals surface area contributed by atoms with Gasteiger partial charge < -0.3 is 14.4 Å². The third-order valence-corrected chi connectivity index (χ3v) is 2.56. The molecule has 1 atom stereocenters.